The molecule has 0 aliphatic rings. The van der Waals surface area contributed by atoms with E-state index in [9.17, 15) is 5.11 Å². The Labute approximate surface area is 132 Å². The SMILES string of the molecule is COc1c(C)cnc(COc2c(Br)cccc2CO)c1C. The zero-order valence-corrected chi connectivity index (χ0v) is 13.9. The van der Waals surface area contributed by atoms with E-state index >= 15 is 0 Å². The third-order valence-electron chi connectivity index (χ3n) is 3.32. The minimum atomic E-state index is -0.0710. The molecule has 0 atom stereocenters. The summed E-state index contributed by atoms with van der Waals surface area (Å²) in [4.78, 5) is 4.40. The molecule has 2 aromatic rings. The third kappa shape index (κ3) is 3.36. The van der Waals surface area contributed by atoms with E-state index in [0.717, 1.165) is 32.6 Å². The Morgan fingerprint density at radius 3 is 2.67 bits per heavy atom. The number of nitrogens with zero attached hydrogens (tertiary/aromatic N) is 1. The number of aliphatic hydroxyl groups excluding tert-OH is 1. The molecule has 0 fully saturated rings. The first kappa shape index (κ1) is 15.8. The van der Waals surface area contributed by atoms with Crippen LogP contribution in [0.25, 0.3) is 0 Å². The summed E-state index contributed by atoms with van der Waals surface area (Å²) in [5.74, 6) is 1.47. The Morgan fingerprint density at radius 1 is 1.24 bits per heavy atom. The summed E-state index contributed by atoms with van der Waals surface area (Å²) < 4.78 is 12.0. The fourth-order valence-electron chi connectivity index (χ4n) is 2.20. The van der Waals surface area contributed by atoms with Gasteiger partial charge in [0.15, 0.2) is 0 Å². The van der Waals surface area contributed by atoms with Crippen molar-refractivity contribution >= 4 is 15.9 Å². The Kier molecular flexibility index (Phi) is 5.20. The first-order valence-corrected chi connectivity index (χ1v) is 7.37. The highest BCUT2D eigenvalue weighted by molar-refractivity contribution is 9.10. The van der Waals surface area contributed by atoms with Crippen LogP contribution >= 0.6 is 15.9 Å². The van der Waals surface area contributed by atoms with Crippen molar-refractivity contribution in [1.82, 2.24) is 4.98 Å². The molecule has 1 N–H and O–H groups in total. The van der Waals surface area contributed by atoms with Crippen LogP contribution in [0, 0.1) is 13.8 Å². The van der Waals surface area contributed by atoms with Gasteiger partial charge in [-0.15, -0.1) is 0 Å². The van der Waals surface area contributed by atoms with Gasteiger partial charge in [0, 0.05) is 22.9 Å². The molecule has 4 nitrogen and oxygen atoms in total. The molecule has 0 saturated carbocycles. The molecule has 21 heavy (non-hydrogen) atoms. The average Bonchev–Trinajstić information content (AvgIpc) is 2.48. The lowest BCUT2D eigenvalue weighted by molar-refractivity contribution is 0.256. The van der Waals surface area contributed by atoms with E-state index in [4.69, 9.17) is 9.47 Å². The number of benzene rings is 1. The predicted octanol–water partition coefficient (Wildman–Crippen LogP) is 3.54. The summed E-state index contributed by atoms with van der Waals surface area (Å²) in [6.45, 7) is 4.17. The number of ether oxygens (including phenoxy) is 2. The summed E-state index contributed by atoms with van der Waals surface area (Å²) in [6.07, 6.45) is 1.78. The van der Waals surface area contributed by atoms with Crippen LogP contribution < -0.4 is 9.47 Å². The summed E-state index contributed by atoms with van der Waals surface area (Å²) in [6, 6.07) is 5.57. The van der Waals surface area contributed by atoms with Gasteiger partial charge in [0.2, 0.25) is 0 Å². The number of aryl methyl sites for hydroxylation is 1. The van der Waals surface area contributed by atoms with Crippen molar-refractivity contribution in [3.8, 4) is 11.5 Å². The smallest absolute Gasteiger partial charge is 0.139 e. The van der Waals surface area contributed by atoms with Crippen molar-refractivity contribution in [2.75, 3.05) is 7.11 Å². The molecule has 0 spiro atoms. The van der Waals surface area contributed by atoms with Crippen molar-refractivity contribution in [2.24, 2.45) is 0 Å². The quantitative estimate of drug-likeness (QED) is 0.894. The van der Waals surface area contributed by atoms with Gasteiger partial charge in [0.25, 0.3) is 0 Å². The van der Waals surface area contributed by atoms with Gasteiger partial charge in [0.1, 0.15) is 18.1 Å². The molecule has 0 bridgehead atoms. The lowest BCUT2D eigenvalue weighted by Crippen LogP contribution is -2.05. The highest BCUT2D eigenvalue weighted by Gasteiger charge is 2.12. The fourth-order valence-corrected chi connectivity index (χ4v) is 2.72. The molecule has 0 aliphatic carbocycles. The molecule has 5 heteroatoms. The Morgan fingerprint density at radius 2 is 2.00 bits per heavy atom. The van der Waals surface area contributed by atoms with Crippen LogP contribution in [0.3, 0.4) is 0 Å². The van der Waals surface area contributed by atoms with E-state index in [-0.39, 0.29) is 6.61 Å². The van der Waals surface area contributed by atoms with Crippen LogP contribution in [0.15, 0.2) is 28.9 Å². The number of para-hydroxylation sites is 1. The summed E-state index contributed by atoms with van der Waals surface area (Å²) in [5.41, 5.74) is 3.52. The second kappa shape index (κ2) is 6.91. The van der Waals surface area contributed by atoms with Gasteiger partial charge in [-0.25, -0.2) is 0 Å². The Hall–Kier alpha value is -1.59. The van der Waals surface area contributed by atoms with E-state index in [0.29, 0.717) is 12.4 Å². The van der Waals surface area contributed by atoms with Crippen molar-refractivity contribution in [3.63, 3.8) is 0 Å². The summed E-state index contributed by atoms with van der Waals surface area (Å²) in [5, 5.41) is 9.38. The minimum absolute atomic E-state index is 0.0710. The maximum atomic E-state index is 9.38. The first-order chi connectivity index (χ1) is 10.1. The monoisotopic (exact) mass is 351 g/mol. The van der Waals surface area contributed by atoms with E-state index in [1.165, 1.54) is 0 Å². The van der Waals surface area contributed by atoms with Crippen molar-refractivity contribution in [2.45, 2.75) is 27.1 Å². The molecular weight excluding hydrogens is 334 g/mol. The zero-order valence-electron chi connectivity index (χ0n) is 12.3. The molecule has 1 aromatic heterocycles. The lowest BCUT2D eigenvalue weighted by Gasteiger charge is -2.15. The van der Waals surface area contributed by atoms with E-state index in [1.807, 2.05) is 32.0 Å². The molecule has 2 rings (SSSR count). The molecule has 0 radical (unpaired) electrons. The highest BCUT2D eigenvalue weighted by atomic mass is 79.9. The van der Waals surface area contributed by atoms with Crippen molar-refractivity contribution in [3.05, 3.63) is 51.3 Å². The zero-order chi connectivity index (χ0) is 15.4. The summed E-state index contributed by atoms with van der Waals surface area (Å²) >= 11 is 3.44. The maximum Gasteiger partial charge on any atom is 0.139 e. The summed E-state index contributed by atoms with van der Waals surface area (Å²) in [7, 11) is 1.65. The molecule has 0 saturated heterocycles. The van der Waals surface area contributed by atoms with E-state index in [1.54, 1.807) is 13.3 Å². The highest BCUT2D eigenvalue weighted by Crippen LogP contribution is 2.31. The number of hydrogen-bond acceptors (Lipinski definition) is 4. The first-order valence-electron chi connectivity index (χ1n) is 6.58. The molecule has 112 valence electrons. The number of aliphatic hydroxyl groups is 1. The van der Waals surface area contributed by atoms with Gasteiger partial charge in [0.05, 0.1) is 23.9 Å². The number of halogens is 1. The van der Waals surface area contributed by atoms with Crippen molar-refractivity contribution in [1.29, 1.82) is 0 Å². The predicted molar refractivity (Wildman–Crippen MR) is 84.7 cm³/mol. The van der Waals surface area contributed by atoms with Crippen LogP contribution in [0.2, 0.25) is 0 Å². The standard InChI is InChI=1S/C16H18BrNO3/c1-10-7-18-14(11(2)15(10)20-3)9-21-16-12(8-19)5-4-6-13(16)17/h4-7,19H,8-9H2,1-3H3. The molecule has 0 amide bonds. The van der Waals surface area contributed by atoms with Crippen LogP contribution in [-0.4, -0.2) is 17.2 Å². The fraction of sp³-hybridized carbons (Fsp3) is 0.312. The van der Waals surface area contributed by atoms with Crippen LogP contribution in [0.5, 0.6) is 11.5 Å². The van der Waals surface area contributed by atoms with Gasteiger partial charge in [-0.1, -0.05) is 12.1 Å². The molecule has 1 aromatic carbocycles. The number of pyridine rings is 1. The van der Waals surface area contributed by atoms with Gasteiger partial charge in [-0.2, -0.15) is 0 Å². The molecular formula is C16H18BrNO3. The van der Waals surface area contributed by atoms with E-state index in [2.05, 4.69) is 20.9 Å². The van der Waals surface area contributed by atoms with Crippen LogP contribution in [0.1, 0.15) is 22.4 Å². The Bertz CT molecular complexity index is 644. The van der Waals surface area contributed by atoms with Gasteiger partial charge < -0.3 is 14.6 Å². The number of aromatic nitrogens is 1. The Balaban J connectivity index is 2.25. The van der Waals surface area contributed by atoms with Gasteiger partial charge >= 0.3 is 0 Å². The van der Waals surface area contributed by atoms with Crippen LogP contribution in [-0.2, 0) is 13.2 Å². The second-order valence-electron chi connectivity index (χ2n) is 4.72. The minimum Gasteiger partial charge on any atom is -0.496 e. The van der Waals surface area contributed by atoms with E-state index < -0.39 is 0 Å². The maximum absolute atomic E-state index is 9.38. The molecule has 0 unspecified atom stereocenters. The number of hydrogen-bond donors (Lipinski definition) is 1. The normalized spacial score (nSPS) is 10.5. The van der Waals surface area contributed by atoms with Gasteiger partial charge in [-0.05, 0) is 35.8 Å². The lowest BCUT2D eigenvalue weighted by atomic mass is 10.1. The van der Waals surface area contributed by atoms with Gasteiger partial charge in [-0.3, -0.25) is 4.98 Å². The number of rotatable bonds is 5. The molecule has 0 aliphatic heterocycles. The largest absolute Gasteiger partial charge is 0.496 e. The molecule has 1 heterocycles. The van der Waals surface area contributed by atoms with Crippen LogP contribution in [0.4, 0.5) is 0 Å². The van der Waals surface area contributed by atoms with Crippen molar-refractivity contribution < 1.29 is 14.6 Å². The number of methoxy groups -OCH3 is 1. The second-order valence-corrected chi connectivity index (χ2v) is 5.58. The average molecular weight is 352 g/mol. The third-order valence-corrected chi connectivity index (χ3v) is 3.95. The topological polar surface area (TPSA) is 51.6 Å².